The number of esters is 5. The van der Waals surface area contributed by atoms with Crippen LogP contribution in [0.4, 0.5) is 0 Å². The molecule has 0 N–H and O–H groups in total. The number of carbonyl (C=O) groups is 5. The van der Waals surface area contributed by atoms with Crippen molar-refractivity contribution in [3.8, 4) is 0 Å². The second-order valence-electron chi connectivity index (χ2n) is 50.6. The number of hydrogen-bond acceptors (Lipinski definition) is 20. The summed E-state index contributed by atoms with van der Waals surface area (Å²) in [6, 6.07) is 16.8. The summed E-state index contributed by atoms with van der Waals surface area (Å²) >= 11 is 0. The van der Waals surface area contributed by atoms with Crippen molar-refractivity contribution in [2.24, 2.45) is 0 Å². The minimum atomic E-state index is -1.75. The van der Waals surface area contributed by atoms with Gasteiger partial charge in [0.25, 0.3) is 0 Å². The van der Waals surface area contributed by atoms with Gasteiger partial charge in [0.1, 0.15) is 0 Å². The molecule has 0 heterocycles. The molecule has 40 heteroatoms. The van der Waals surface area contributed by atoms with Gasteiger partial charge in [0.05, 0.1) is 33.0 Å². The molecule has 0 saturated heterocycles. The molecule has 770 valence electrons. The molecule has 0 aromatic carbocycles. The Kier molecular flexibility index (Phi) is 62.3. The Balaban J connectivity index is -0.000000501. The topological polar surface area (TPSA) is 224 Å². The molecule has 0 rings (SSSR count). The van der Waals surface area contributed by atoms with Gasteiger partial charge in [-0.05, 0) is 452 Å². The SMILES string of the molecule is C=C(C)C(=O)OCCC[Si](C)(C)O[Si](C)(C)CC[Si](C)(C)O[Si](C)(C)C.C=C(C)C(=O)OCCC[Si](C)(C)O[Si](C)(C)CC[Si](C)(C)O[Si](C)(C)C.C=C(C)C(=O)OCCC[Si](C)(C)O[Si](C)(C)CC[Si](C)(C)O[Si](C)(C)C.C=C(C)C(=O)OCCC[Si](C)(C)O[Si](C)(C)CC[Si](C)(C)O[Si](C)(C)C.C=C(C)C(=O)OCCC[Si](C)(C)O[Si](C)(C)CC[Si](C)(C)O[Si](C)(C)C. The van der Waals surface area contributed by atoms with E-state index < -0.39 is 166 Å². The summed E-state index contributed by atoms with van der Waals surface area (Å²) in [6.45, 7) is 132. The molecule has 0 aliphatic carbocycles. The average Bonchev–Trinajstić information content (AvgIpc) is 0.858. The largest absolute Gasteiger partial charge is 0.462 e. The van der Waals surface area contributed by atoms with Crippen LogP contribution in [0.15, 0.2) is 60.8 Å². The first-order chi connectivity index (χ1) is 57.2. The van der Waals surface area contributed by atoms with Crippen LogP contribution in [0.2, 0.25) is 385 Å². The Bertz CT molecular complexity index is 2920. The average molecular weight is 2170 g/mol. The minimum Gasteiger partial charge on any atom is -0.462 e. The molecule has 0 aliphatic rings. The van der Waals surface area contributed by atoms with Crippen molar-refractivity contribution in [2.45, 2.75) is 452 Å². The summed E-state index contributed by atoms with van der Waals surface area (Å²) in [7, 11) is -32.8. The van der Waals surface area contributed by atoms with Crippen LogP contribution >= 0.6 is 0 Å². The van der Waals surface area contributed by atoms with Crippen molar-refractivity contribution in [2.75, 3.05) is 33.0 Å². The number of carbonyl (C=O) groups excluding carboxylic acids is 5. The van der Waals surface area contributed by atoms with E-state index in [0.29, 0.717) is 60.9 Å². The summed E-state index contributed by atoms with van der Waals surface area (Å²) in [6.07, 6.45) is 4.31. The predicted octanol–water partition coefficient (Wildman–Crippen LogP) is 29.9. The second kappa shape index (κ2) is 58.5. The highest BCUT2D eigenvalue weighted by atomic mass is 28.5. The fourth-order valence-corrected chi connectivity index (χ4v) is 114. The fraction of sp³-hybridized carbons (Fsp3) is 0.833. The molecule has 0 radical (unpaired) electrons. The van der Waals surface area contributed by atoms with E-state index in [-0.39, 0.29) is 29.8 Å². The standard InChI is InChI=1S/5C18H42O4Si4/c5*1-17(2)18(19)20-13-12-14-24(6,7)22-26(10,11)16-15-25(8,9)21-23(3,4)5/h5*1,12-16H2,2-11H3. The molecule has 20 nitrogen and oxygen atoms in total. The number of rotatable bonds is 60. The van der Waals surface area contributed by atoms with Crippen molar-refractivity contribution in [1.29, 1.82) is 0 Å². The minimum absolute atomic E-state index is 0.297. The molecule has 0 amide bonds. The van der Waals surface area contributed by atoms with Crippen LogP contribution in [0.25, 0.3) is 0 Å². The van der Waals surface area contributed by atoms with E-state index in [1.54, 1.807) is 34.6 Å². The van der Waals surface area contributed by atoms with E-state index in [2.05, 4.69) is 328 Å². The summed E-state index contributed by atoms with van der Waals surface area (Å²) in [5, 5.41) is 0. The second-order valence-corrected chi connectivity index (χ2v) is 140. The molecule has 0 atom stereocenters. The van der Waals surface area contributed by atoms with Gasteiger partial charge in [-0.15, -0.1) is 0 Å². The van der Waals surface area contributed by atoms with Crippen LogP contribution < -0.4 is 0 Å². The first kappa shape index (κ1) is 138. The summed E-state index contributed by atoms with van der Waals surface area (Å²) in [5.74, 6) is -1.48. The van der Waals surface area contributed by atoms with Crippen LogP contribution in [0, 0.1) is 0 Å². The van der Waals surface area contributed by atoms with Crippen molar-refractivity contribution in [3.05, 3.63) is 60.8 Å². The van der Waals surface area contributed by atoms with E-state index in [1.165, 1.54) is 30.2 Å². The van der Waals surface area contributed by atoms with Gasteiger partial charge in [0.2, 0.25) is 0 Å². The van der Waals surface area contributed by atoms with Crippen LogP contribution in [0.3, 0.4) is 0 Å². The maximum Gasteiger partial charge on any atom is 0.333 e. The molecule has 0 fully saturated rings. The van der Waals surface area contributed by atoms with Crippen molar-refractivity contribution >= 4 is 196 Å². The monoisotopic (exact) mass is 2170 g/mol. The Morgan fingerprint density at radius 1 is 0.154 bits per heavy atom. The zero-order chi connectivity index (χ0) is 104. The molecule has 130 heavy (non-hydrogen) atoms. The quantitative estimate of drug-likeness (QED) is 0.0181. The van der Waals surface area contributed by atoms with Gasteiger partial charge in [-0.3, -0.25) is 0 Å². The molecule has 0 unspecified atom stereocenters. The normalized spacial score (nSPS) is 13.6. The maximum absolute atomic E-state index is 11.4. The highest BCUT2D eigenvalue weighted by Crippen LogP contribution is 2.36. The smallest absolute Gasteiger partial charge is 0.333 e. The zero-order valence-electron chi connectivity index (χ0n) is 94.4. The third kappa shape index (κ3) is 85.9. The van der Waals surface area contributed by atoms with Gasteiger partial charge in [-0.25, -0.2) is 24.0 Å². The zero-order valence-corrected chi connectivity index (χ0v) is 114. The molecular formula is C90H210O20Si20. The third-order valence-corrected chi connectivity index (χ3v) is 90.1. The van der Waals surface area contributed by atoms with Crippen LogP contribution in [-0.4, -0.2) is 229 Å². The molecule has 0 aliphatic heterocycles. The van der Waals surface area contributed by atoms with E-state index in [4.69, 9.17) is 64.8 Å². The number of hydrogen-bond donors (Lipinski definition) is 0. The van der Waals surface area contributed by atoms with E-state index in [0.717, 1.165) is 92.5 Å². The lowest BCUT2D eigenvalue weighted by Crippen LogP contribution is -2.47. The first-order valence-corrected chi connectivity index (χ1v) is 112. The molecule has 0 bridgehead atoms. The van der Waals surface area contributed by atoms with Gasteiger partial charge in [-0.2, -0.15) is 0 Å². The van der Waals surface area contributed by atoms with Crippen molar-refractivity contribution < 1.29 is 88.8 Å². The van der Waals surface area contributed by atoms with Gasteiger partial charge in [0, 0.05) is 27.9 Å². The summed E-state index contributed by atoms with van der Waals surface area (Å²) in [4.78, 5) is 57.2. The highest BCUT2D eigenvalue weighted by Gasteiger charge is 2.44. The third-order valence-electron chi connectivity index (χ3n) is 19.8. The van der Waals surface area contributed by atoms with Crippen molar-refractivity contribution in [1.82, 2.24) is 0 Å². The Hall–Kier alpha value is -0.0123. The lowest BCUT2D eigenvalue weighted by atomic mass is 10.4. The lowest BCUT2D eigenvalue weighted by molar-refractivity contribution is -0.139. The molecule has 0 saturated carbocycles. The molecular weight excluding hydrogens is 1960 g/mol. The Morgan fingerprint density at radius 3 is 0.323 bits per heavy atom. The van der Waals surface area contributed by atoms with E-state index in [9.17, 15) is 24.0 Å². The van der Waals surface area contributed by atoms with E-state index >= 15 is 0 Å². The maximum atomic E-state index is 11.4. The summed E-state index contributed by atoms with van der Waals surface area (Å²) in [5.41, 5.74) is 2.29. The van der Waals surface area contributed by atoms with Crippen molar-refractivity contribution in [3.63, 3.8) is 0 Å². The first-order valence-electron chi connectivity index (χ1n) is 48.4. The van der Waals surface area contributed by atoms with Gasteiger partial charge >= 0.3 is 29.8 Å². The van der Waals surface area contributed by atoms with Gasteiger partial charge < -0.3 is 64.8 Å². The molecule has 0 aromatic rings. The highest BCUT2D eigenvalue weighted by molar-refractivity contribution is 6.92. The van der Waals surface area contributed by atoms with Gasteiger partial charge in [-0.1, -0.05) is 32.9 Å². The van der Waals surface area contributed by atoms with Crippen LogP contribution in [0.5, 0.6) is 0 Å². The lowest BCUT2D eigenvalue weighted by Gasteiger charge is -2.37. The van der Waals surface area contributed by atoms with Gasteiger partial charge in [0.15, 0.2) is 166 Å². The fourth-order valence-electron chi connectivity index (χ4n) is 15.6. The number of ether oxygens (including phenoxy) is 5. The molecule has 0 spiro atoms. The van der Waals surface area contributed by atoms with Crippen LogP contribution in [0.1, 0.15) is 66.7 Å². The predicted molar refractivity (Wildman–Crippen MR) is 614 cm³/mol. The Labute approximate surface area is 823 Å². The molecule has 0 aromatic heterocycles. The summed E-state index contributed by atoms with van der Waals surface area (Å²) < 4.78 is 91.9. The van der Waals surface area contributed by atoms with Crippen LogP contribution in [-0.2, 0) is 88.8 Å². The Morgan fingerprint density at radius 2 is 0.238 bits per heavy atom. The van der Waals surface area contributed by atoms with E-state index in [1.807, 2.05) is 0 Å².